The predicted octanol–water partition coefficient (Wildman–Crippen LogP) is 3.96. The molecule has 6 nitrogen and oxygen atoms in total. The fourth-order valence-corrected chi connectivity index (χ4v) is 3.78. The van der Waals surface area contributed by atoms with E-state index in [1.165, 1.54) is 35.2 Å². The van der Waals surface area contributed by atoms with Crippen molar-refractivity contribution in [1.82, 2.24) is 10.2 Å². The van der Waals surface area contributed by atoms with E-state index in [1.54, 1.807) is 19.2 Å². The maximum Gasteiger partial charge on any atom is 0.210 e. The van der Waals surface area contributed by atoms with E-state index in [9.17, 15) is 9.50 Å². The van der Waals surface area contributed by atoms with Crippen LogP contribution in [0.4, 0.5) is 15.2 Å². The minimum atomic E-state index is -0.753. The van der Waals surface area contributed by atoms with Crippen molar-refractivity contribution in [2.24, 2.45) is 0 Å². The zero-order chi connectivity index (χ0) is 19.1. The molecule has 0 aliphatic heterocycles. The van der Waals surface area contributed by atoms with Crippen molar-refractivity contribution < 1.29 is 19.0 Å². The van der Waals surface area contributed by atoms with Crippen LogP contribution in [-0.4, -0.2) is 40.9 Å². The quantitative estimate of drug-likeness (QED) is 0.520. The molecule has 3 aromatic rings. The normalized spacial score (nSPS) is 11.8. The first-order valence-corrected chi connectivity index (χ1v) is 9.87. The SMILES string of the molecule is COc1ccc(Nc2nnc(SC[C@H](O)COc3ccccc3F)s2)cc1. The lowest BCUT2D eigenvalue weighted by Crippen LogP contribution is -2.20. The van der Waals surface area contributed by atoms with Gasteiger partial charge in [0.25, 0.3) is 0 Å². The number of hydrogen-bond donors (Lipinski definition) is 2. The second-order valence-electron chi connectivity index (χ2n) is 5.43. The maximum absolute atomic E-state index is 13.5. The Labute approximate surface area is 164 Å². The molecule has 3 rings (SSSR count). The average Bonchev–Trinajstić information content (AvgIpc) is 3.13. The van der Waals surface area contributed by atoms with Crippen LogP contribution in [0.2, 0.25) is 0 Å². The lowest BCUT2D eigenvalue weighted by molar-refractivity contribution is 0.123. The molecule has 9 heteroatoms. The maximum atomic E-state index is 13.5. The first-order chi connectivity index (χ1) is 13.1. The van der Waals surface area contributed by atoms with Gasteiger partial charge in [0.05, 0.1) is 13.2 Å². The van der Waals surface area contributed by atoms with Gasteiger partial charge < -0.3 is 19.9 Å². The summed E-state index contributed by atoms with van der Waals surface area (Å²) in [4.78, 5) is 0. The van der Waals surface area contributed by atoms with E-state index < -0.39 is 11.9 Å². The van der Waals surface area contributed by atoms with Crippen molar-refractivity contribution in [3.63, 3.8) is 0 Å². The number of aliphatic hydroxyl groups is 1. The van der Waals surface area contributed by atoms with E-state index >= 15 is 0 Å². The molecule has 0 spiro atoms. The Morgan fingerprint density at radius 1 is 1.19 bits per heavy atom. The number of thioether (sulfide) groups is 1. The summed E-state index contributed by atoms with van der Waals surface area (Å²) in [5.41, 5.74) is 0.877. The summed E-state index contributed by atoms with van der Waals surface area (Å²) in [5, 5.41) is 22.0. The van der Waals surface area contributed by atoms with Crippen LogP contribution in [0.5, 0.6) is 11.5 Å². The molecule has 1 heterocycles. The van der Waals surface area contributed by atoms with Gasteiger partial charge in [-0.3, -0.25) is 0 Å². The molecule has 142 valence electrons. The van der Waals surface area contributed by atoms with Gasteiger partial charge in [0.2, 0.25) is 5.13 Å². The van der Waals surface area contributed by atoms with Gasteiger partial charge >= 0.3 is 0 Å². The van der Waals surface area contributed by atoms with E-state index in [0.29, 0.717) is 10.9 Å². The molecule has 0 bridgehead atoms. The van der Waals surface area contributed by atoms with E-state index in [4.69, 9.17) is 9.47 Å². The third-order valence-corrected chi connectivity index (χ3v) is 5.53. The molecule has 1 atom stereocenters. The Morgan fingerprint density at radius 3 is 2.70 bits per heavy atom. The lowest BCUT2D eigenvalue weighted by atomic mass is 10.3. The molecular weight excluding hydrogens is 389 g/mol. The minimum absolute atomic E-state index is 0.00366. The van der Waals surface area contributed by atoms with Crippen LogP contribution in [-0.2, 0) is 0 Å². The summed E-state index contributed by atoms with van der Waals surface area (Å²) in [6.07, 6.45) is -0.753. The summed E-state index contributed by atoms with van der Waals surface area (Å²) >= 11 is 2.75. The largest absolute Gasteiger partial charge is 0.497 e. The Kier molecular flexibility index (Phi) is 6.86. The molecule has 0 aliphatic carbocycles. The summed E-state index contributed by atoms with van der Waals surface area (Å²) in [7, 11) is 1.62. The number of aliphatic hydroxyl groups excluding tert-OH is 1. The Balaban J connectivity index is 1.45. The lowest BCUT2D eigenvalue weighted by Gasteiger charge is -2.11. The molecule has 0 unspecified atom stereocenters. The van der Waals surface area contributed by atoms with Gasteiger partial charge in [-0.15, -0.1) is 10.2 Å². The summed E-state index contributed by atoms with van der Waals surface area (Å²) in [6, 6.07) is 13.6. The monoisotopic (exact) mass is 407 g/mol. The van der Waals surface area contributed by atoms with Crippen LogP contribution < -0.4 is 14.8 Å². The number of nitrogens with zero attached hydrogens (tertiary/aromatic N) is 2. The smallest absolute Gasteiger partial charge is 0.210 e. The van der Waals surface area contributed by atoms with Crippen LogP contribution in [0, 0.1) is 5.82 Å². The third kappa shape index (κ3) is 5.81. The van der Waals surface area contributed by atoms with Crippen molar-refractivity contribution >= 4 is 33.9 Å². The van der Waals surface area contributed by atoms with Crippen LogP contribution in [0.15, 0.2) is 52.9 Å². The first-order valence-electron chi connectivity index (χ1n) is 8.07. The summed E-state index contributed by atoms with van der Waals surface area (Å²) in [6.45, 7) is 0.00366. The average molecular weight is 407 g/mol. The number of anilines is 2. The number of methoxy groups -OCH3 is 1. The first kappa shape index (κ1) is 19.4. The molecule has 0 aliphatic rings. The number of halogens is 1. The fraction of sp³-hybridized carbons (Fsp3) is 0.222. The fourth-order valence-electron chi connectivity index (χ4n) is 2.08. The molecule has 2 aromatic carbocycles. The Morgan fingerprint density at radius 2 is 1.96 bits per heavy atom. The second kappa shape index (κ2) is 9.54. The highest BCUT2D eigenvalue weighted by molar-refractivity contribution is 8.01. The molecule has 0 amide bonds. The number of hydrogen-bond acceptors (Lipinski definition) is 8. The van der Waals surface area contributed by atoms with E-state index in [2.05, 4.69) is 15.5 Å². The van der Waals surface area contributed by atoms with Gasteiger partial charge in [-0.1, -0.05) is 35.2 Å². The molecule has 2 N–H and O–H groups in total. The number of ether oxygens (including phenoxy) is 2. The molecule has 1 aromatic heterocycles. The molecule has 0 saturated heterocycles. The van der Waals surface area contributed by atoms with Crippen LogP contribution in [0.25, 0.3) is 0 Å². The number of nitrogens with one attached hydrogen (secondary N) is 1. The van der Waals surface area contributed by atoms with Crippen molar-refractivity contribution in [3.8, 4) is 11.5 Å². The van der Waals surface area contributed by atoms with Crippen LogP contribution in [0.3, 0.4) is 0 Å². The zero-order valence-corrected chi connectivity index (χ0v) is 16.1. The van der Waals surface area contributed by atoms with Crippen molar-refractivity contribution in [2.75, 3.05) is 24.8 Å². The Hall–Kier alpha value is -2.36. The van der Waals surface area contributed by atoms with E-state index in [0.717, 1.165) is 15.8 Å². The van der Waals surface area contributed by atoms with E-state index in [1.807, 2.05) is 24.3 Å². The Bertz CT molecular complexity index is 861. The van der Waals surface area contributed by atoms with Gasteiger partial charge in [0.1, 0.15) is 12.4 Å². The number of aromatic nitrogens is 2. The molecule has 27 heavy (non-hydrogen) atoms. The molecular formula is C18H18FN3O3S2. The standard InChI is InChI=1S/C18H18FN3O3S2/c1-24-14-8-6-12(7-9-14)20-17-21-22-18(27-17)26-11-13(23)10-25-16-5-3-2-4-15(16)19/h2-9,13,23H,10-11H2,1H3,(H,20,21)/t13-/m1/s1. The predicted molar refractivity (Wildman–Crippen MR) is 105 cm³/mol. The number of rotatable bonds is 9. The van der Waals surface area contributed by atoms with Crippen molar-refractivity contribution in [1.29, 1.82) is 0 Å². The van der Waals surface area contributed by atoms with Crippen LogP contribution in [0.1, 0.15) is 0 Å². The summed E-state index contributed by atoms with van der Waals surface area (Å²) in [5.74, 6) is 0.825. The van der Waals surface area contributed by atoms with Gasteiger partial charge in [-0.05, 0) is 36.4 Å². The van der Waals surface area contributed by atoms with Gasteiger partial charge in [-0.2, -0.15) is 0 Å². The van der Waals surface area contributed by atoms with E-state index in [-0.39, 0.29) is 12.4 Å². The van der Waals surface area contributed by atoms with Gasteiger partial charge in [0, 0.05) is 11.4 Å². The highest BCUT2D eigenvalue weighted by Gasteiger charge is 2.11. The second-order valence-corrected chi connectivity index (χ2v) is 7.68. The highest BCUT2D eigenvalue weighted by Crippen LogP contribution is 2.28. The minimum Gasteiger partial charge on any atom is -0.497 e. The third-order valence-electron chi connectivity index (χ3n) is 3.41. The zero-order valence-electron chi connectivity index (χ0n) is 14.5. The van der Waals surface area contributed by atoms with Gasteiger partial charge in [-0.25, -0.2) is 4.39 Å². The molecule has 0 radical (unpaired) electrons. The number of benzene rings is 2. The molecule has 0 saturated carbocycles. The van der Waals surface area contributed by atoms with Crippen molar-refractivity contribution in [3.05, 3.63) is 54.3 Å². The van der Waals surface area contributed by atoms with Crippen molar-refractivity contribution in [2.45, 2.75) is 10.4 Å². The topological polar surface area (TPSA) is 76.5 Å². The van der Waals surface area contributed by atoms with Gasteiger partial charge in [0.15, 0.2) is 15.9 Å². The van der Waals surface area contributed by atoms with Crippen LogP contribution >= 0.6 is 23.1 Å². The summed E-state index contributed by atoms with van der Waals surface area (Å²) < 4.78 is 24.6. The number of para-hydroxylation sites is 1. The molecule has 0 fully saturated rings. The highest BCUT2D eigenvalue weighted by atomic mass is 32.2.